The Morgan fingerprint density at radius 3 is 2.81 bits per heavy atom. The molecule has 2 aromatic heterocycles. The second-order valence-corrected chi connectivity index (χ2v) is 6.69. The van der Waals surface area contributed by atoms with Crippen molar-refractivity contribution in [3.05, 3.63) is 58.5 Å². The van der Waals surface area contributed by atoms with Crippen molar-refractivity contribution in [3.63, 3.8) is 0 Å². The molecule has 0 radical (unpaired) electrons. The van der Waals surface area contributed by atoms with Crippen LogP contribution in [0.15, 0.2) is 57.5 Å². The van der Waals surface area contributed by atoms with E-state index in [0.717, 1.165) is 25.3 Å². The van der Waals surface area contributed by atoms with Crippen molar-refractivity contribution >= 4 is 52.6 Å². The fourth-order valence-corrected chi connectivity index (χ4v) is 3.87. The average Bonchev–Trinajstić information content (AvgIpc) is 3.12. The Bertz CT molecular complexity index is 1060. The lowest BCUT2D eigenvalue weighted by atomic mass is 10.1. The Labute approximate surface area is 163 Å². The van der Waals surface area contributed by atoms with Gasteiger partial charge in [0.25, 0.3) is 0 Å². The number of fused-ring (bicyclic) bond motifs is 3. The quantitative estimate of drug-likeness (QED) is 0.594. The first kappa shape index (κ1) is 18.5. The molecule has 1 unspecified atom stereocenters. The molecular formula is C19H19Cl2N3O2. The first-order valence-electron chi connectivity index (χ1n) is 8.16. The third-order valence-electron chi connectivity index (χ3n) is 5.03. The Kier molecular flexibility index (Phi) is 4.86. The Hall–Kier alpha value is -2.24. The number of aromatic nitrogens is 1. The van der Waals surface area contributed by atoms with Crippen LogP contribution in [0, 0.1) is 5.92 Å². The number of pyridine rings is 1. The average molecular weight is 392 g/mol. The molecule has 1 saturated heterocycles. The van der Waals surface area contributed by atoms with Gasteiger partial charge in [-0.15, -0.1) is 24.8 Å². The summed E-state index contributed by atoms with van der Waals surface area (Å²) in [4.78, 5) is 21.5. The van der Waals surface area contributed by atoms with Crippen molar-refractivity contribution in [1.82, 2.24) is 9.88 Å². The maximum absolute atomic E-state index is 12.8. The van der Waals surface area contributed by atoms with Crippen molar-refractivity contribution in [2.75, 3.05) is 31.6 Å². The molecule has 3 aromatic rings. The van der Waals surface area contributed by atoms with Gasteiger partial charge in [-0.25, -0.2) is 4.98 Å². The molecule has 26 heavy (non-hydrogen) atoms. The third-order valence-corrected chi connectivity index (χ3v) is 5.03. The highest BCUT2D eigenvalue weighted by Crippen LogP contribution is 2.33. The van der Waals surface area contributed by atoms with Gasteiger partial charge in [0.2, 0.25) is 11.1 Å². The molecule has 0 N–H and O–H groups in total. The number of benzene rings is 1. The lowest BCUT2D eigenvalue weighted by Crippen LogP contribution is -2.24. The Balaban J connectivity index is 0.000000980. The minimum Gasteiger partial charge on any atom is -0.437 e. The zero-order valence-corrected chi connectivity index (χ0v) is 15.8. The van der Waals surface area contributed by atoms with Crippen LogP contribution in [0.25, 0.3) is 22.1 Å². The van der Waals surface area contributed by atoms with Gasteiger partial charge >= 0.3 is 0 Å². The molecule has 0 spiro atoms. The Morgan fingerprint density at radius 2 is 2.00 bits per heavy atom. The molecule has 1 aromatic carbocycles. The SMILES string of the molecule is CN1C=C2CN(c3ccc4oc5ncccc5c(=O)c4c3)CC2C1.Cl.Cl. The summed E-state index contributed by atoms with van der Waals surface area (Å²) in [6.45, 7) is 3.01. The van der Waals surface area contributed by atoms with Crippen LogP contribution in [0.4, 0.5) is 5.69 Å². The minimum absolute atomic E-state index is 0. The number of nitrogens with zero attached hydrogens (tertiary/aromatic N) is 3. The van der Waals surface area contributed by atoms with Crippen LogP contribution in [0.1, 0.15) is 0 Å². The third kappa shape index (κ3) is 2.81. The van der Waals surface area contributed by atoms with E-state index in [2.05, 4.69) is 28.0 Å². The highest BCUT2D eigenvalue weighted by atomic mass is 35.5. The van der Waals surface area contributed by atoms with Crippen LogP contribution in [0.3, 0.4) is 0 Å². The standard InChI is InChI=1S/C19H17N3O2.2ClH/c1-21-8-12-10-22(11-13(12)9-21)14-4-5-17-16(7-14)18(23)15-3-2-6-20-19(15)24-17;;/h2-8,13H,9-11H2,1H3;2*1H. The second-order valence-electron chi connectivity index (χ2n) is 6.69. The summed E-state index contributed by atoms with van der Waals surface area (Å²) < 4.78 is 5.79. The molecule has 0 bridgehead atoms. The van der Waals surface area contributed by atoms with Gasteiger partial charge in [0, 0.05) is 50.7 Å². The summed E-state index contributed by atoms with van der Waals surface area (Å²) in [6, 6.07) is 9.40. The molecule has 1 atom stereocenters. The topological polar surface area (TPSA) is 49.6 Å². The van der Waals surface area contributed by atoms with Crippen LogP contribution in [0.5, 0.6) is 0 Å². The first-order chi connectivity index (χ1) is 11.7. The van der Waals surface area contributed by atoms with Gasteiger partial charge in [0.1, 0.15) is 5.58 Å². The van der Waals surface area contributed by atoms with Crippen LogP contribution < -0.4 is 10.3 Å². The summed E-state index contributed by atoms with van der Waals surface area (Å²) >= 11 is 0. The van der Waals surface area contributed by atoms with Gasteiger partial charge in [0.05, 0.1) is 10.8 Å². The van der Waals surface area contributed by atoms with E-state index in [1.807, 2.05) is 18.2 Å². The van der Waals surface area contributed by atoms with E-state index in [4.69, 9.17) is 4.42 Å². The van der Waals surface area contributed by atoms with Crippen LogP contribution in [-0.2, 0) is 0 Å². The number of hydrogen-bond donors (Lipinski definition) is 0. The van der Waals surface area contributed by atoms with E-state index < -0.39 is 0 Å². The molecule has 0 saturated carbocycles. The predicted octanol–water partition coefficient (Wildman–Crippen LogP) is 3.45. The fraction of sp³-hybridized carbons (Fsp3) is 0.263. The number of halogens is 2. The van der Waals surface area contributed by atoms with E-state index in [9.17, 15) is 4.79 Å². The van der Waals surface area contributed by atoms with Gasteiger partial charge in [-0.1, -0.05) is 0 Å². The van der Waals surface area contributed by atoms with Crippen LogP contribution in [0.2, 0.25) is 0 Å². The fourth-order valence-electron chi connectivity index (χ4n) is 3.87. The predicted molar refractivity (Wildman–Crippen MR) is 109 cm³/mol. The van der Waals surface area contributed by atoms with Crippen molar-refractivity contribution in [1.29, 1.82) is 0 Å². The first-order valence-corrected chi connectivity index (χ1v) is 8.16. The molecule has 5 rings (SSSR count). The van der Waals surface area contributed by atoms with E-state index >= 15 is 0 Å². The molecule has 0 amide bonds. The zero-order chi connectivity index (χ0) is 16.3. The summed E-state index contributed by atoms with van der Waals surface area (Å²) in [5.41, 5.74) is 3.53. The molecule has 2 aliphatic heterocycles. The van der Waals surface area contributed by atoms with E-state index in [-0.39, 0.29) is 30.2 Å². The molecule has 5 nitrogen and oxygen atoms in total. The summed E-state index contributed by atoms with van der Waals surface area (Å²) in [5, 5.41) is 1.15. The Morgan fingerprint density at radius 1 is 1.15 bits per heavy atom. The monoisotopic (exact) mass is 391 g/mol. The molecule has 7 heteroatoms. The van der Waals surface area contributed by atoms with Gasteiger partial charge in [0.15, 0.2) is 0 Å². The minimum atomic E-state index is -0.0143. The summed E-state index contributed by atoms with van der Waals surface area (Å²) in [7, 11) is 2.12. The molecule has 4 heterocycles. The maximum atomic E-state index is 12.8. The number of rotatable bonds is 1. The van der Waals surface area contributed by atoms with Gasteiger partial charge in [-0.2, -0.15) is 0 Å². The van der Waals surface area contributed by atoms with E-state index in [1.54, 1.807) is 18.3 Å². The van der Waals surface area contributed by atoms with Gasteiger partial charge in [-0.3, -0.25) is 4.79 Å². The second kappa shape index (κ2) is 6.82. The molecular weight excluding hydrogens is 373 g/mol. The highest BCUT2D eigenvalue weighted by molar-refractivity contribution is 5.90. The lowest BCUT2D eigenvalue weighted by Gasteiger charge is -2.20. The van der Waals surface area contributed by atoms with Gasteiger partial charge < -0.3 is 14.2 Å². The van der Waals surface area contributed by atoms with Crippen molar-refractivity contribution in [3.8, 4) is 0 Å². The zero-order valence-electron chi connectivity index (χ0n) is 14.2. The van der Waals surface area contributed by atoms with E-state index in [0.29, 0.717) is 28.0 Å². The van der Waals surface area contributed by atoms with E-state index in [1.165, 1.54) is 5.57 Å². The summed E-state index contributed by atoms with van der Waals surface area (Å²) in [6.07, 6.45) is 3.89. The van der Waals surface area contributed by atoms with Crippen LogP contribution in [-0.4, -0.2) is 36.6 Å². The molecule has 2 aliphatic rings. The van der Waals surface area contributed by atoms with Gasteiger partial charge in [-0.05, 0) is 35.9 Å². The highest BCUT2D eigenvalue weighted by Gasteiger charge is 2.32. The number of anilines is 1. The van der Waals surface area contributed by atoms with Crippen molar-refractivity contribution in [2.24, 2.45) is 5.92 Å². The largest absolute Gasteiger partial charge is 0.437 e. The number of hydrogen-bond acceptors (Lipinski definition) is 5. The van der Waals surface area contributed by atoms with Crippen molar-refractivity contribution in [2.45, 2.75) is 0 Å². The van der Waals surface area contributed by atoms with Crippen LogP contribution >= 0.6 is 24.8 Å². The molecule has 136 valence electrons. The smallest absolute Gasteiger partial charge is 0.230 e. The maximum Gasteiger partial charge on any atom is 0.230 e. The molecule has 1 fully saturated rings. The van der Waals surface area contributed by atoms with Crippen molar-refractivity contribution < 1.29 is 4.42 Å². The summed E-state index contributed by atoms with van der Waals surface area (Å²) in [5.74, 6) is 0.600. The molecule has 0 aliphatic carbocycles. The normalized spacial score (nSPS) is 18.5. The lowest BCUT2D eigenvalue weighted by molar-refractivity contribution is 0.442.